The Bertz CT molecular complexity index is 339. The standard InChI is InChI=1S/C7H6INO3S.2C2H6/c1-12-7(11)6-2-5(4-10)3-9(6)13-8;2*1-2/h2-4H,1H3;2*1-2H3. The maximum Gasteiger partial charge on any atom is 0.355 e. The van der Waals surface area contributed by atoms with Crippen LogP contribution < -0.4 is 0 Å². The number of aldehydes is 1. The minimum atomic E-state index is -0.447. The molecule has 4 nitrogen and oxygen atoms in total. The summed E-state index contributed by atoms with van der Waals surface area (Å²) in [6.45, 7) is 8.00. The summed E-state index contributed by atoms with van der Waals surface area (Å²) in [5, 5.41) is 0. The lowest BCUT2D eigenvalue weighted by Crippen LogP contribution is -2.04. The van der Waals surface area contributed by atoms with Gasteiger partial charge in [0.15, 0.2) is 6.29 Å². The number of hydrogen-bond acceptors (Lipinski definition) is 4. The van der Waals surface area contributed by atoms with Crippen molar-refractivity contribution in [3.8, 4) is 0 Å². The van der Waals surface area contributed by atoms with Crippen LogP contribution >= 0.6 is 30.3 Å². The van der Waals surface area contributed by atoms with E-state index in [0.29, 0.717) is 17.5 Å². The van der Waals surface area contributed by atoms with Gasteiger partial charge in [0.1, 0.15) is 5.69 Å². The van der Waals surface area contributed by atoms with E-state index in [4.69, 9.17) is 0 Å². The fourth-order valence-corrected chi connectivity index (χ4v) is 2.18. The topological polar surface area (TPSA) is 48.3 Å². The Balaban J connectivity index is 0. The van der Waals surface area contributed by atoms with Crippen LogP contribution in [0.4, 0.5) is 0 Å². The largest absolute Gasteiger partial charge is 0.464 e. The Labute approximate surface area is 119 Å². The van der Waals surface area contributed by atoms with Gasteiger partial charge in [0.05, 0.1) is 7.11 Å². The van der Waals surface area contributed by atoms with Gasteiger partial charge in [0, 0.05) is 42.1 Å². The number of halogens is 1. The second kappa shape index (κ2) is 12.0. The van der Waals surface area contributed by atoms with Gasteiger partial charge in [-0.3, -0.25) is 8.77 Å². The molecule has 0 unspecified atom stereocenters. The van der Waals surface area contributed by atoms with Crippen LogP contribution in [0.15, 0.2) is 12.3 Å². The average Bonchev–Trinajstić information content (AvgIpc) is 2.85. The second-order valence-corrected chi connectivity index (χ2v) is 3.88. The molecule has 0 saturated carbocycles. The van der Waals surface area contributed by atoms with Crippen LogP contribution in [0.25, 0.3) is 0 Å². The van der Waals surface area contributed by atoms with Crippen molar-refractivity contribution in [2.45, 2.75) is 27.7 Å². The average molecular weight is 371 g/mol. The van der Waals surface area contributed by atoms with Crippen LogP contribution in [0.3, 0.4) is 0 Å². The van der Waals surface area contributed by atoms with Crippen LogP contribution in [-0.2, 0) is 4.74 Å². The number of carbonyl (C=O) groups excluding carboxylic acids is 2. The summed E-state index contributed by atoms with van der Waals surface area (Å²) < 4.78 is 6.12. The molecule has 0 aliphatic heterocycles. The molecule has 98 valence electrons. The van der Waals surface area contributed by atoms with Crippen molar-refractivity contribution < 1.29 is 14.3 Å². The molecule has 0 amide bonds. The summed E-state index contributed by atoms with van der Waals surface area (Å²) in [6, 6.07) is 1.49. The fourth-order valence-electron chi connectivity index (χ4n) is 0.839. The van der Waals surface area contributed by atoms with Gasteiger partial charge in [-0.1, -0.05) is 27.7 Å². The van der Waals surface area contributed by atoms with Gasteiger partial charge < -0.3 is 4.74 Å². The molecule has 1 rings (SSSR count). The van der Waals surface area contributed by atoms with E-state index in [1.165, 1.54) is 22.3 Å². The highest BCUT2D eigenvalue weighted by molar-refractivity contribution is 14.2. The normalized spacial score (nSPS) is 8.12. The SMILES string of the molecule is CC.CC.COC(=O)c1cc(C=O)cn1SI. The van der Waals surface area contributed by atoms with E-state index in [2.05, 4.69) is 4.74 Å². The first kappa shape index (κ1) is 18.9. The Morgan fingerprint density at radius 3 is 2.29 bits per heavy atom. The Kier molecular flexibility index (Phi) is 13.3. The molecule has 0 N–H and O–H groups in total. The number of methoxy groups -OCH3 is 1. The third kappa shape index (κ3) is 6.11. The summed E-state index contributed by atoms with van der Waals surface area (Å²) in [4.78, 5) is 21.6. The van der Waals surface area contributed by atoms with Gasteiger partial charge in [-0.05, 0) is 6.07 Å². The maximum atomic E-state index is 11.1. The number of hydrogen-bond donors (Lipinski definition) is 0. The molecule has 6 heteroatoms. The number of esters is 1. The first-order valence-electron chi connectivity index (χ1n) is 5.28. The molecule has 1 aromatic rings. The minimum Gasteiger partial charge on any atom is -0.464 e. The van der Waals surface area contributed by atoms with Crippen molar-refractivity contribution in [3.63, 3.8) is 0 Å². The number of nitrogens with zero attached hydrogens (tertiary/aromatic N) is 1. The summed E-state index contributed by atoms with van der Waals surface area (Å²) in [6.07, 6.45) is 2.27. The summed E-state index contributed by atoms with van der Waals surface area (Å²) >= 11 is 2.01. The Morgan fingerprint density at radius 2 is 1.94 bits per heavy atom. The van der Waals surface area contributed by atoms with Gasteiger partial charge in [-0.15, -0.1) is 0 Å². The lowest BCUT2D eigenvalue weighted by Gasteiger charge is -2.00. The third-order valence-electron chi connectivity index (χ3n) is 1.41. The first-order valence-corrected chi connectivity index (χ1v) is 8.59. The Hall–Kier alpha value is -0.500. The van der Waals surface area contributed by atoms with Gasteiger partial charge in [-0.25, -0.2) is 4.79 Å². The Morgan fingerprint density at radius 1 is 1.41 bits per heavy atom. The molecular weight excluding hydrogens is 353 g/mol. The zero-order valence-electron chi connectivity index (χ0n) is 10.7. The summed E-state index contributed by atoms with van der Waals surface area (Å²) in [7, 11) is 2.61. The molecule has 0 aliphatic rings. The van der Waals surface area contributed by atoms with E-state index in [1.807, 2.05) is 48.9 Å². The number of aromatic nitrogens is 1. The zero-order valence-corrected chi connectivity index (χ0v) is 13.7. The van der Waals surface area contributed by atoms with E-state index in [9.17, 15) is 9.59 Å². The van der Waals surface area contributed by atoms with E-state index in [0.717, 1.165) is 0 Å². The smallest absolute Gasteiger partial charge is 0.355 e. The predicted molar refractivity (Wildman–Crippen MR) is 80.9 cm³/mol. The van der Waals surface area contributed by atoms with Gasteiger partial charge >= 0.3 is 5.97 Å². The molecule has 0 spiro atoms. The van der Waals surface area contributed by atoms with E-state index in [1.54, 1.807) is 10.2 Å². The fraction of sp³-hybridized carbons (Fsp3) is 0.455. The van der Waals surface area contributed by atoms with Crippen molar-refractivity contribution >= 4 is 42.6 Å². The number of ether oxygens (including phenoxy) is 1. The van der Waals surface area contributed by atoms with Crippen LogP contribution in [0.2, 0.25) is 0 Å². The molecule has 17 heavy (non-hydrogen) atoms. The van der Waals surface area contributed by atoms with Gasteiger partial charge in [0.25, 0.3) is 0 Å². The van der Waals surface area contributed by atoms with Crippen molar-refractivity contribution in [3.05, 3.63) is 23.5 Å². The molecule has 0 fully saturated rings. The highest BCUT2D eigenvalue weighted by Gasteiger charge is 2.13. The van der Waals surface area contributed by atoms with Crippen molar-refractivity contribution in [2.24, 2.45) is 0 Å². The van der Waals surface area contributed by atoms with Crippen LogP contribution in [0.5, 0.6) is 0 Å². The van der Waals surface area contributed by atoms with Crippen LogP contribution in [0, 0.1) is 0 Å². The third-order valence-corrected chi connectivity index (χ3v) is 3.14. The highest BCUT2D eigenvalue weighted by Crippen LogP contribution is 2.21. The maximum absolute atomic E-state index is 11.1. The molecular formula is C11H18INO3S. The highest BCUT2D eigenvalue weighted by atomic mass is 127. The van der Waals surface area contributed by atoms with Gasteiger partial charge in [0.2, 0.25) is 0 Å². The second-order valence-electron chi connectivity index (χ2n) is 2.16. The van der Waals surface area contributed by atoms with E-state index in [-0.39, 0.29) is 0 Å². The van der Waals surface area contributed by atoms with Crippen molar-refractivity contribution in [1.82, 2.24) is 3.97 Å². The number of carbonyl (C=O) groups is 2. The van der Waals surface area contributed by atoms with E-state index >= 15 is 0 Å². The molecule has 1 aromatic heterocycles. The van der Waals surface area contributed by atoms with Crippen LogP contribution in [0.1, 0.15) is 48.5 Å². The molecule has 0 atom stereocenters. The number of rotatable bonds is 3. The summed E-state index contributed by atoms with van der Waals surface area (Å²) in [5.41, 5.74) is 0.827. The van der Waals surface area contributed by atoms with Gasteiger partial charge in [-0.2, -0.15) is 0 Å². The van der Waals surface area contributed by atoms with Crippen LogP contribution in [-0.4, -0.2) is 23.3 Å². The monoisotopic (exact) mass is 371 g/mol. The first-order chi connectivity index (χ1) is 8.22. The predicted octanol–water partition coefficient (Wildman–Crippen LogP) is 3.99. The lowest BCUT2D eigenvalue weighted by atomic mass is 10.3. The molecule has 0 radical (unpaired) electrons. The molecule has 0 bridgehead atoms. The van der Waals surface area contributed by atoms with Crippen molar-refractivity contribution in [2.75, 3.05) is 7.11 Å². The quantitative estimate of drug-likeness (QED) is 0.458. The molecule has 0 saturated heterocycles. The molecule has 0 aromatic carbocycles. The molecule has 0 aliphatic carbocycles. The lowest BCUT2D eigenvalue weighted by molar-refractivity contribution is 0.0593. The van der Waals surface area contributed by atoms with E-state index < -0.39 is 5.97 Å². The van der Waals surface area contributed by atoms with Crippen molar-refractivity contribution in [1.29, 1.82) is 0 Å². The minimum absolute atomic E-state index is 0.365. The zero-order chi connectivity index (χ0) is 13.8. The molecule has 1 heterocycles. The summed E-state index contributed by atoms with van der Waals surface area (Å²) in [5.74, 6) is -0.447.